The number of methoxy groups -OCH3 is 1. The summed E-state index contributed by atoms with van der Waals surface area (Å²) in [6.07, 6.45) is 1.72. The molecule has 0 radical (unpaired) electrons. The molecule has 2 aromatic heterocycles. The van der Waals surface area contributed by atoms with Crippen molar-refractivity contribution >= 4 is 50.2 Å². The summed E-state index contributed by atoms with van der Waals surface area (Å²) in [7, 11) is 1.58. The van der Waals surface area contributed by atoms with Gasteiger partial charge in [-0.25, -0.2) is 4.79 Å². The van der Waals surface area contributed by atoms with Gasteiger partial charge < -0.3 is 23.5 Å². The Kier molecular flexibility index (Phi) is 7.68. The molecule has 1 aliphatic heterocycles. The molecule has 0 N–H and O–H groups in total. The topological polar surface area (TPSA) is 126 Å². The van der Waals surface area contributed by atoms with Gasteiger partial charge in [-0.15, -0.1) is 5.10 Å². The third-order valence-electron chi connectivity index (χ3n) is 6.95. The van der Waals surface area contributed by atoms with Crippen molar-refractivity contribution < 1.29 is 33.0 Å². The van der Waals surface area contributed by atoms with Crippen LogP contribution in [0.3, 0.4) is 0 Å². The van der Waals surface area contributed by atoms with E-state index in [0.29, 0.717) is 62.8 Å². The molecule has 1 aliphatic rings. The summed E-state index contributed by atoms with van der Waals surface area (Å²) in [6, 6.07) is 17.6. The molecule has 0 spiro atoms. The summed E-state index contributed by atoms with van der Waals surface area (Å²) in [4.78, 5) is 39.3. The highest BCUT2D eigenvalue weighted by atomic mass is 79.9. The summed E-state index contributed by atoms with van der Waals surface area (Å²) in [6.45, 7) is 2.66. The first-order chi connectivity index (χ1) is 20.9. The highest BCUT2D eigenvalue weighted by Gasteiger charge is 2.35. The molecule has 12 heteroatoms. The first kappa shape index (κ1) is 28.2. The van der Waals surface area contributed by atoms with Gasteiger partial charge in [0.1, 0.15) is 40.7 Å². The number of carbonyl (C=O) groups excluding carboxylic acids is 3. The van der Waals surface area contributed by atoms with Crippen molar-refractivity contribution in [2.45, 2.75) is 20.1 Å². The maximum Gasteiger partial charge on any atom is 0.342 e. The minimum Gasteiger partial charge on any atom is -0.497 e. The second-order valence-corrected chi connectivity index (χ2v) is 10.5. The maximum absolute atomic E-state index is 13.0. The predicted octanol–water partition coefficient (Wildman–Crippen LogP) is 5.45. The Morgan fingerprint density at radius 3 is 2.56 bits per heavy atom. The van der Waals surface area contributed by atoms with E-state index in [1.807, 2.05) is 12.1 Å². The fourth-order valence-corrected chi connectivity index (χ4v) is 5.25. The number of hydrogen-bond donors (Lipinski definition) is 0. The van der Waals surface area contributed by atoms with E-state index in [2.05, 4.69) is 26.2 Å². The van der Waals surface area contributed by atoms with E-state index in [1.54, 1.807) is 73.4 Å². The number of halogens is 1. The summed E-state index contributed by atoms with van der Waals surface area (Å²) < 4.78 is 25.0. The van der Waals surface area contributed by atoms with Crippen LogP contribution in [-0.4, -0.2) is 52.9 Å². The smallest absolute Gasteiger partial charge is 0.342 e. The Morgan fingerprint density at radius 1 is 1.00 bits per heavy atom. The number of ether oxygens (including phenoxy) is 3. The number of rotatable bonds is 10. The molecule has 5 aromatic rings. The van der Waals surface area contributed by atoms with E-state index in [1.165, 1.54) is 4.90 Å². The number of esters is 1. The number of nitrogens with zero attached hydrogens (tertiary/aromatic N) is 4. The number of benzene rings is 3. The minimum absolute atomic E-state index is 0.113. The Balaban J connectivity index is 1.17. The van der Waals surface area contributed by atoms with Crippen LogP contribution in [0.1, 0.15) is 33.3 Å². The summed E-state index contributed by atoms with van der Waals surface area (Å²) in [5.74, 6) is -0.0167. The molecule has 0 unspecified atom stereocenters. The number of amides is 1. The van der Waals surface area contributed by atoms with E-state index >= 15 is 0 Å². The summed E-state index contributed by atoms with van der Waals surface area (Å²) >= 11 is 3.34. The molecule has 0 bridgehead atoms. The highest BCUT2D eigenvalue weighted by Crippen LogP contribution is 2.37. The van der Waals surface area contributed by atoms with Gasteiger partial charge in [-0.05, 0) is 67.6 Å². The average molecular weight is 645 g/mol. The lowest BCUT2D eigenvalue weighted by atomic mass is 10.1. The third kappa shape index (κ3) is 5.48. The molecule has 0 saturated heterocycles. The van der Waals surface area contributed by atoms with Crippen molar-refractivity contribution in [3.8, 4) is 22.8 Å². The Bertz CT molecular complexity index is 1860. The minimum atomic E-state index is -0.566. The van der Waals surface area contributed by atoms with Gasteiger partial charge in [0.25, 0.3) is 11.7 Å². The monoisotopic (exact) mass is 644 g/mol. The molecule has 218 valence electrons. The van der Waals surface area contributed by atoms with Crippen LogP contribution in [0.25, 0.3) is 22.3 Å². The number of hydrogen-bond acceptors (Lipinski definition) is 9. The molecular weight excluding hydrogens is 620 g/mol. The molecule has 6 rings (SSSR count). The Labute approximate surface area is 254 Å². The van der Waals surface area contributed by atoms with E-state index in [-0.39, 0.29) is 19.8 Å². The third-order valence-corrected chi connectivity index (χ3v) is 7.44. The van der Waals surface area contributed by atoms with Crippen LogP contribution in [0.2, 0.25) is 0 Å². The molecule has 0 aliphatic carbocycles. The predicted molar refractivity (Wildman–Crippen MR) is 159 cm³/mol. The van der Waals surface area contributed by atoms with E-state index in [4.69, 9.17) is 18.6 Å². The quantitative estimate of drug-likeness (QED) is 0.144. The van der Waals surface area contributed by atoms with Gasteiger partial charge in [0.05, 0.1) is 37.7 Å². The molecule has 0 fully saturated rings. The van der Waals surface area contributed by atoms with Crippen LogP contribution in [0.4, 0.5) is 5.69 Å². The molecule has 0 saturated carbocycles. The van der Waals surface area contributed by atoms with Crippen LogP contribution in [0, 0.1) is 0 Å². The van der Waals surface area contributed by atoms with Gasteiger partial charge in [0.2, 0.25) is 0 Å². The number of anilines is 1. The fraction of sp³-hybridized carbons (Fsp3) is 0.194. The van der Waals surface area contributed by atoms with Crippen LogP contribution in [-0.2, 0) is 22.7 Å². The maximum atomic E-state index is 13.0. The number of furan rings is 1. The van der Waals surface area contributed by atoms with E-state index < -0.39 is 17.7 Å². The second kappa shape index (κ2) is 11.7. The van der Waals surface area contributed by atoms with Gasteiger partial charge in [0.15, 0.2) is 0 Å². The van der Waals surface area contributed by atoms with Crippen LogP contribution in [0.5, 0.6) is 11.5 Å². The van der Waals surface area contributed by atoms with Crippen molar-refractivity contribution in [3.63, 3.8) is 0 Å². The van der Waals surface area contributed by atoms with Gasteiger partial charge in [-0.1, -0.05) is 21.1 Å². The largest absolute Gasteiger partial charge is 0.497 e. The van der Waals surface area contributed by atoms with Crippen molar-refractivity contribution in [3.05, 3.63) is 88.2 Å². The lowest BCUT2D eigenvalue weighted by Gasteiger charge is -2.16. The summed E-state index contributed by atoms with van der Waals surface area (Å²) in [5.41, 5.74) is 3.04. The first-order valence-corrected chi connectivity index (χ1v) is 14.2. The molecule has 43 heavy (non-hydrogen) atoms. The second-order valence-electron chi connectivity index (χ2n) is 9.62. The van der Waals surface area contributed by atoms with Crippen LogP contribution < -0.4 is 14.4 Å². The molecule has 11 nitrogen and oxygen atoms in total. The number of carbonyl (C=O) groups is 3. The standard InChI is InChI=1S/C31H25BrN4O7/c1-3-41-31(39)27-24-15-22(9-11-26(24)43-29(27)18-4-7-21(40-2)8-5-18)42-17-20-16-35(34-33-20)12-13-36-25-10-6-19(32)14-23(25)28(37)30(36)38/h4-11,14-16H,3,12-13,17H2,1-2H3. The van der Waals surface area contributed by atoms with Gasteiger partial charge in [0, 0.05) is 22.0 Å². The lowest BCUT2D eigenvalue weighted by Crippen LogP contribution is -2.32. The van der Waals surface area contributed by atoms with Crippen molar-refractivity contribution in [1.29, 1.82) is 0 Å². The lowest BCUT2D eigenvalue weighted by molar-refractivity contribution is -0.114. The normalized spacial score (nSPS) is 12.6. The number of ketones is 1. The van der Waals surface area contributed by atoms with Gasteiger partial charge >= 0.3 is 5.97 Å². The van der Waals surface area contributed by atoms with E-state index in [0.717, 1.165) is 4.47 Å². The zero-order valence-corrected chi connectivity index (χ0v) is 24.8. The highest BCUT2D eigenvalue weighted by molar-refractivity contribution is 9.10. The van der Waals surface area contributed by atoms with Crippen molar-refractivity contribution in [2.24, 2.45) is 0 Å². The Morgan fingerprint density at radius 2 is 1.79 bits per heavy atom. The number of fused-ring (bicyclic) bond motifs is 2. The zero-order valence-electron chi connectivity index (χ0n) is 23.2. The molecular formula is C31H25BrN4O7. The molecule has 3 heterocycles. The van der Waals surface area contributed by atoms with Crippen LogP contribution >= 0.6 is 15.9 Å². The zero-order chi connectivity index (χ0) is 30.1. The van der Waals surface area contributed by atoms with Crippen molar-refractivity contribution in [1.82, 2.24) is 15.0 Å². The SMILES string of the molecule is CCOC(=O)c1c(-c2ccc(OC)cc2)oc2ccc(OCc3cn(CCN4C(=O)C(=O)c5cc(Br)ccc54)nn3)cc12. The molecule has 3 aromatic carbocycles. The fourth-order valence-electron chi connectivity index (χ4n) is 4.89. The van der Waals surface area contributed by atoms with Gasteiger partial charge in [-0.3, -0.25) is 14.3 Å². The Hall–Kier alpha value is -4.97. The van der Waals surface area contributed by atoms with Crippen molar-refractivity contribution in [2.75, 3.05) is 25.2 Å². The average Bonchev–Trinajstić information content (AvgIpc) is 3.70. The number of aromatic nitrogens is 3. The first-order valence-electron chi connectivity index (χ1n) is 13.4. The van der Waals surface area contributed by atoms with Gasteiger partial charge in [-0.2, -0.15) is 0 Å². The van der Waals surface area contributed by atoms with E-state index in [9.17, 15) is 14.4 Å². The number of Topliss-reactive ketones (excluding diaryl/α,β-unsaturated/α-hetero) is 1. The molecule has 1 amide bonds. The summed E-state index contributed by atoms with van der Waals surface area (Å²) in [5, 5.41) is 8.85. The van der Waals surface area contributed by atoms with Crippen LogP contribution in [0.15, 0.2) is 75.8 Å². The molecule has 0 atom stereocenters.